The smallest absolute Gasteiger partial charge is 0.310 e. The average Bonchev–Trinajstić information content (AvgIpc) is 3.06. The third-order valence-corrected chi connectivity index (χ3v) is 5.29. The Bertz CT molecular complexity index is 522. The van der Waals surface area contributed by atoms with Crippen LogP contribution >= 0.6 is 0 Å². The molecule has 1 fully saturated rings. The number of sulfonamides is 1. The average molecular weight is 287 g/mol. The fourth-order valence-electron chi connectivity index (χ4n) is 2.41. The zero-order chi connectivity index (χ0) is 13.9. The zero-order valence-electron chi connectivity index (χ0n) is 10.7. The second kappa shape index (κ2) is 5.75. The molecule has 2 rings (SSSR count). The minimum atomic E-state index is -3.55. The number of hydrogen-bond acceptors (Lipinski definition) is 5. The molecule has 106 valence electrons. The monoisotopic (exact) mass is 287 g/mol. The number of ether oxygens (including phenoxy) is 1. The van der Waals surface area contributed by atoms with Crippen LogP contribution in [0.5, 0.6) is 0 Å². The van der Waals surface area contributed by atoms with Gasteiger partial charge in [-0.1, -0.05) is 6.42 Å². The molecule has 6 nitrogen and oxygen atoms in total. The van der Waals surface area contributed by atoms with E-state index in [9.17, 15) is 13.2 Å². The summed E-state index contributed by atoms with van der Waals surface area (Å²) in [7, 11) is -2.27. The first kappa shape index (κ1) is 14.1. The maximum Gasteiger partial charge on any atom is 0.310 e. The molecule has 1 aromatic rings. The van der Waals surface area contributed by atoms with Gasteiger partial charge in [-0.25, -0.2) is 13.1 Å². The van der Waals surface area contributed by atoms with Crippen molar-refractivity contribution >= 4 is 16.0 Å². The van der Waals surface area contributed by atoms with Crippen LogP contribution in [0.15, 0.2) is 22.8 Å². The quantitative estimate of drug-likeness (QED) is 0.818. The van der Waals surface area contributed by atoms with Crippen molar-refractivity contribution in [2.45, 2.75) is 31.1 Å². The Morgan fingerprint density at radius 2 is 2.32 bits per heavy atom. The van der Waals surface area contributed by atoms with Crippen LogP contribution in [0.3, 0.4) is 0 Å². The molecule has 1 aliphatic rings. The summed E-state index contributed by atoms with van der Waals surface area (Å²) in [4.78, 5) is 11.6. The van der Waals surface area contributed by atoms with Crippen LogP contribution in [0.1, 0.15) is 25.0 Å². The molecule has 1 heterocycles. The van der Waals surface area contributed by atoms with E-state index in [4.69, 9.17) is 4.42 Å². The van der Waals surface area contributed by atoms with Crippen LogP contribution in [0.2, 0.25) is 0 Å². The molecule has 2 atom stereocenters. The number of methoxy groups -OCH3 is 1. The van der Waals surface area contributed by atoms with Gasteiger partial charge in [-0.05, 0) is 25.0 Å². The number of furan rings is 1. The number of esters is 1. The molecule has 0 radical (unpaired) electrons. The van der Waals surface area contributed by atoms with Crippen molar-refractivity contribution in [2.24, 2.45) is 5.92 Å². The summed E-state index contributed by atoms with van der Waals surface area (Å²) in [6.45, 7) is 0.0970. The Kier molecular flexibility index (Phi) is 4.26. The number of rotatable bonds is 5. The van der Waals surface area contributed by atoms with Crippen LogP contribution in [0, 0.1) is 5.92 Å². The molecule has 7 heteroatoms. The zero-order valence-corrected chi connectivity index (χ0v) is 11.5. The summed E-state index contributed by atoms with van der Waals surface area (Å²) in [5, 5.41) is -0.713. The van der Waals surface area contributed by atoms with Gasteiger partial charge in [0.2, 0.25) is 10.0 Å². The van der Waals surface area contributed by atoms with Crippen LogP contribution in [0.4, 0.5) is 0 Å². The van der Waals surface area contributed by atoms with E-state index < -0.39 is 27.2 Å². The second-order valence-corrected chi connectivity index (χ2v) is 6.53. The number of nitrogens with one attached hydrogen (secondary N) is 1. The summed E-state index contributed by atoms with van der Waals surface area (Å²) in [5.74, 6) is -0.485. The number of hydrogen-bond donors (Lipinski definition) is 1. The Labute approximate surface area is 112 Å². The van der Waals surface area contributed by atoms with E-state index in [-0.39, 0.29) is 6.54 Å². The van der Waals surface area contributed by atoms with Gasteiger partial charge >= 0.3 is 5.97 Å². The van der Waals surface area contributed by atoms with Gasteiger partial charge in [0.05, 0.1) is 31.1 Å². The molecule has 0 amide bonds. The Hall–Kier alpha value is -1.34. The highest BCUT2D eigenvalue weighted by Crippen LogP contribution is 2.31. The van der Waals surface area contributed by atoms with Gasteiger partial charge in [0.15, 0.2) is 0 Å². The lowest BCUT2D eigenvalue weighted by Gasteiger charge is -2.18. The maximum atomic E-state index is 12.2. The highest BCUT2D eigenvalue weighted by Gasteiger charge is 2.42. The van der Waals surface area contributed by atoms with Crippen molar-refractivity contribution in [1.82, 2.24) is 4.72 Å². The van der Waals surface area contributed by atoms with Crippen molar-refractivity contribution < 1.29 is 22.4 Å². The predicted octanol–water partition coefficient (Wildman–Crippen LogP) is 1.04. The molecule has 0 bridgehead atoms. The molecular formula is C12H17NO5S. The first-order valence-electron chi connectivity index (χ1n) is 6.13. The molecular weight excluding hydrogens is 270 g/mol. The van der Waals surface area contributed by atoms with E-state index >= 15 is 0 Å². The summed E-state index contributed by atoms with van der Waals surface area (Å²) in [6, 6.07) is 3.38. The highest BCUT2D eigenvalue weighted by molar-refractivity contribution is 7.90. The fraction of sp³-hybridized carbons (Fsp3) is 0.583. The van der Waals surface area contributed by atoms with E-state index in [0.717, 1.165) is 0 Å². The van der Waals surface area contributed by atoms with Crippen LogP contribution in [-0.4, -0.2) is 26.7 Å². The standard InChI is InChI=1S/C12H17NO5S/c1-17-12(14)10-5-2-6-11(10)19(15,16)13-8-9-4-3-7-18-9/h3-4,7,10-11,13H,2,5-6,8H2,1H3. The Morgan fingerprint density at radius 1 is 1.53 bits per heavy atom. The van der Waals surface area contributed by atoms with Crippen molar-refractivity contribution in [2.75, 3.05) is 7.11 Å². The lowest BCUT2D eigenvalue weighted by molar-refractivity contribution is -0.145. The lowest BCUT2D eigenvalue weighted by atomic mass is 10.1. The van der Waals surface area contributed by atoms with E-state index in [1.54, 1.807) is 12.1 Å². The van der Waals surface area contributed by atoms with Gasteiger partial charge in [-0.2, -0.15) is 0 Å². The van der Waals surface area contributed by atoms with Crippen molar-refractivity contribution in [3.63, 3.8) is 0 Å². The van der Waals surface area contributed by atoms with Crippen molar-refractivity contribution in [3.8, 4) is 0 Å². The third kappa shape index (κ3) is 3.16. The summed E-state index contributed by atoms with van der Waals surface area (Å²) in [5.41, 5.74) is 0. The summed E-state index contributed by atoms with van der Waals surface area (Å²) >= 11 is 0. The van der Waals surface area contributed by atoms with Gasteiger partial charge in [0.1, 0.15) is 5.76 Å². The largest absolute Gasteiger partial charge is 0.469 e. The molecule has 19 heavy (non-hydrogen) atoms. The van der Waals surface area contributed by atoms with Crippen LogP contribution < -0.4 is 4.72 Å². The van der Waals surface area contributed by atoms with E-state index in [1.807, 2.05) is 0 Å². The number of carbonyl (C=O) groups is 1. The van der Waals surface area contributed by atoms with E-state index in [1.165, 1.54) is 13.4 Å². The van der Waals surface area contributed by atoms with Gasteiger partial charge < -0.3 is 9.15 Å². The molecule has 0 spiro atoms. The van der Waals surface area contributed by atoms with Crippen LogP contribution in [-0.2, 0) is 26.1 Å². The molecule has 1 aromatic heterocycles. The topological polar surface area (TPSA) is 85.6 Å². The van der Waals surface area contributed by atoms with Crippen molar-refractivity contribution in [1.29, 1.82) is 0 Å². The molecule has 0 aliphatic heterocycles. The van der Waals surface area contributed by atoms with Crippen LogP contribution in [0.25, 0.3) is 0 Å². The minimum absolute atomic E-state index is 0.0970. The van der Waals surface area contributed by atoms with Gasteiger partial charge in [-0.3, -0.25) is 4.79 Å². The van der Waals surface area contributed by atoms with Gasteiger partial charge in [0.25, 0.3) is 0 Å². The molecule has 1 aliphatic carbocycles. The fourth-order valence-corrected chi connectivity index (χ4v) is 4.12. The third-order valence-electron chi connectivity index (χ3n) is 3.38. The Balaban J connectivity index is 2.04. The first-order chi connectivity index (χ1) is 9.04. The normalized spacial score (nSPS) is 23.4. The van der Waals surface area contributed by atoms with Gasteiger partial charge in [0, 0.05) is 0 Å². The molecule has 1 saturated carbocycles. The predicted molar refractivity (Wildman–Crippen MR) is 67.6 cm³/mol. The minimum Gasteiger partial charge on any atom is -0.469 e. The van der Waals surface area contributed by atoms with Crippen molar-refractivity contribution in [3.05, 3.63) is 24.2 Å². The van der Waals surface area contributed by atoms with E-state index in [0.29, 0.717) is 25.0 Å². The second-order valence-electron chi connectivity index (χ2n) is 4.54. The number of carbonyl (C=O) groups excluding carboxylic acids is 1. The first-order valence-corrected chi connectivity index (χ1v) is 7.68. The molecule has 0 saturated heterocycles. The highest BCUT2D eigenvalue weighted by atomic mass is 32.2. The molecule has 2 unspecified atom stereocenters. The Morgan fingerprint density at radius 3 is 2.95 bits per heavy atom. The van der Waals surface area contributed by atoms with Gasteiger partial charge in [-0.15, -0.1) is 0 Å². The summed E-state index contributed by atoms with van der Waals surface area (Å²) in [6.07, 6.45) is 3.23. The molecule has 0 aromatic carbocycles. The lowest BCUT2D eigenvalue weighted by Crippen LogP contribution is -2.39. The SMILES string of the molecule is COC(=O)C1CCCC1S(=O)(=O)NCc1ccco1. The molecule has 1 N–H and O–H groups in total. The summed E-state index contributed by atoms with van der Waals surface area (Å²) < 4.78 is 36.6. The van der Waals surface area contributed by atoms with E-state index in [2.05, 4.69) is 9.46 Å². The maximum absolute atomic E-state index is 12.2.